The van der Waals surface area contributed by atoms with Crippen molar-refractivity contribution in [1.29, 1.82) is 0 Å². The molecule has 7 nitrogen and oxygen atoms in total. The first-order valence-electron chi connectivity index (χ1n) is 7.53. The van der Waals surface area contributed by atoms with Gasteiger partial charge >= 0.3 is 12.3 Å². The molecule has 1 aromatic rings. The van der Waals surface area contributed by atoms with E-state index in [0.29, 0.717) is 26.3 Å². The number of rotatable bonds is 3. The number of aromatic nitrogens is 1. The Kier molecular flexibility index (Phi) is 5.83. The van der Waals surface area contributed by atoms with Crippen molar-refractivity contribution in [3.05, 3.63) is 23.5 Å². The molecule has 0 unspecified atom stereocenters. The Morgan fingerprint density at radius 1 is 1.36 bits per heavy atom. The van der Waals surface area contributed by atoms with E-state index in [4.69, 9.17) is 9.57 Å². The summed E-state index contributed by atoms with van der Waals surface area (Å²) in [6.07, 6.45) is -4.46. The van der Waals surface area contributed by atoms with Crippen molar-refractivity contribution in [2.24, 2.45) is 5.16 Å². The Bertz CT molecular complexity index is 656. The number of carbonyl (C=O) groups excluding carboxylic acids is 1. The van der Waals surface area contributed by atoms with Crippen LogP contribution in [0.1, 0.15) is 18.2 Å². The number of hydrogen-bond acceptors (Lipinski definition) is 6. The summed E-state index contributed by atoms with van der Waals surface area (Å²) in [6.45, 7) is 3.19. The van der Waals surface area contributed by atoms with Crippen molar-refractivity contribution in [3.8, 4) is 0 Å². The van der Waals surface area contributed by atoms with Gasteiger partial charge in [-0.1, -0.05) is 5.16 Å². The normalized spacial score (nSPS) is 15.9. The summed E-state index contributed by atoms with van der Waals surface area (Å²) in [4.78, 5) is 23.0. The monoisotopic (exact) mass is 360 g/mol. The predicted molar refractivity (Wildman–Crippen MR) is 84.7 cm³/mol. The van der Waals surface area contributed by atoms with Crippen LogP contribution < -0.4 is 4.90 Å². The van der Waals surface area contributed by atoms with E-state index in [-0.39, 0.29) is 17.1 Å². The van der Waals surface area contributed by atoms with Gasteiger partial charge in [-0.05, 0) is 13.0 Å². The molecule has 0 spiro atoms. The fourth-order valence-electron chi connectivity index (χ4n) is 2.16. The molecule has 0 N–H and O–H groups in total. The summed E-state index contributed by atoms with van der Waals surface area (Å²) in [7, 11) is 2.98. The molecule has 0 aromatic carbocycles. The lowest BCUT2D eigenvalue weighted by Crippen LogP contribution is -2.37. The van der Waals surface area contributed by atoms with Gasteiger partial charge in [0.05, 0.1) is 24.5 Å². The first-order valence-corrected chi connectivity index (χ1v) is 7.53. The average Bonchev–Trinajstić information content (AvgIpc) is 2.58. The summed E-state index contributed by atoms with van der Waals surface area (Å²) in [6, 6.07) is 1.03. The Labute approximate surface area is 143 Å². The molecule has 2 heterocycles. The number of pyridine rings is 1. The lowest BCUT2D eigenvalue weighted by atomic mass is 10.1. The van der Waals surface area contributed by atoms with Crippen molar-refractivity contribution in [2.45, 2.75) is 13.1 Å². The van der Waals surface area contributed by atoms with Gasteiger partial charge in [-0.3, -0.25) is 9.82 Å². The van der Waals surface area contributed by atoms with Gasteiger partial charge in [0.1, 0.15) is 11.4 Å². The van der Waals surface area contributed by atoms with Gasteiger partial charge in [0.15, 0.2) is 0 Å². The van der Waals surface area contributed by atoms with Crippen molar-refractivity contribution in [3.63, 3.8) is 0 Å². The first kappa shape index (κ1) is 19.0. The van der Waals surface area contributed by atoms with Crippen molar-refractivity contribution >= 4 is 17.5 Å². The summed E-state index contributed by atoms with van der Waals surface area (Å²) in [5.41, 5.74) is -0.150. The average molecular weight is 360 g/mol. The highest BCUT2D eigenvalue weighted by Gasteiger charge is 2.33. The molecule has 1 saturated heterocycles. The van der Waals surface area contributed by atoms with E-state index >= 15 is 0 Å². The maximum absolute atomic E-state index is 13.0. The highest BCUT2D eigenvalue weighted by molar-refractivity contribution is 6.01. The van der Waals surface area contributed by atoms with Gasteiger partial charge < -0.3 is 14.5 Å². The van der Waals surface area contributed by atoms with E-state index in [0.717, 1.165) is 12.3 Å². The number of hydrogen-bond donors (Lipinski definition) is 0. The van der Waals surface area contributed by atoms with Crippen LogP contribution >= 0.6 is 0 Å². The molecule has 1 aromatic heterocycles. The third kappa shape index (κ3) is 4.81. The second kappa shape index (κ2) is 7.68. The number of ether oxygens (including phenoxy) is 1. The van der Waals surface area contributed by atoms with Crippen molar-refractivity contribution in [1.82, 2.24) is 9.88 Å². The summed E-state index contributed by atoms with van der Waals surface area (Å²) >= 11 is 0. The van der Waals surface area contributed by atoms with Crippen LogP contribution in [0.5, 0.6) is 0 Å². The third-order valence-corrected chi connectivity index (χ3v) is 3.52. The Balaban J connectivity index is 2.38. The quantitative estimate of drug-likeness (QED) is 0.470. The van der Waals surface area contributed by atoms with Crippen molar-refractivity contribution in [2.75, 3.05) is 45.3 Å². The number of anilines is 1. The Morgan fingerprint density at radius 2 is 2.00 bits per heavy atom. The summed E-state index contributed by atoms with van der Waals surface area (Å²) in [5.74, 6) is 0. The molecule has 2 rings (SSSR count). The minimum Gasteiger partial charge on any atom is -0.378 e. The molecule has 138 valence electrons. The summed E-state index contributed by atoms with van der Waals surface area (Å²) < 4.78 is 44.3. The van der Waals surface area contributed by atoms with Crippen LogP contribution in [-0.4, -0.2) is 62.1 Å². The molecule has 0 aliphatic carbocycles. The van der Waals surface area contributed by atoms with Crippen LogP contribution in [0.2, 0.25) is 0 Å². The van der Waals surface area contributed by atoms with E-state index in [1.54, 1.807) is 4.90 Å². The highest BCUT2D eigenvalue weighted by atomic mass is 19.4. The Morgan fingerprint density at radius 3 is 2.56 bits per heavy atom. The molecule has 1 aliphatic heterocycles. The molecule has 0 saturated carbocycles. The maximum Gasteiger partial charge on any atom is 0.435 e. The van der Waals surface area contributed by atoms with Crippen LogP contribution in [0, 0.1) is 0 Å². The minimum atomic E-state index is -4.50. The molecule has 1 aliphatic rings. The van der Waals surface area contributed by atoms with Crippen LogP contribution in [-0.2, 0) is 15.8 Å². The molecule has 10 heteroatoms. The van der Waals surface area contributed by atoms with Gasteiger partial charge in [-0.25, -0.2) is 4.79 Å². The standard InChI is InChI=1S/C15H19F3N4O3/c1-10(20-25-14(23)21(2)3)13-12(22-4-6-24-7-5-22)8-11(9-19-13)15(16,17)18/h8-9H,4-7H2,1-3H3/b20-10-. The number of nitrogens with zero attached hydrogens (tertiary/aromatic N) is 4. The lowest BCUT2D eigenvalue weighted by Gasteiger charge is -2.30. The zero-order chi connectivity index (χ0) is 18.6. The smallest absolute Gasteiger partial charge is 0.378 e. The topological polar surface area (TPSA) is 67.3 Å². The molecular formula is C15H19F3N4O3. The maximum atomic E-state index is 13.0. The third-order valence-electron chi connectivity index (χ3n) is 3.52. The van der Waals surface area contributed by atoms with E-state index in [9.17, 15) is 18.0 Å². The molecule has 1 amide bonds. The fraction of sp³-hybridized carbons (Fsp3) is 0.533. The van der Waals surface area contributed by atoms with Crippen LogP contribution in [0.4, 0.5) is 23.7 Å². The van der Waals surface area contributed by atoms with E-state index < -0.39 is 17.8 Å². The highest BCUT2D eigenvalue weighted by Crippen LogP contribution is 2.33. The first-order chi connectivity index (χ1) is 11.7. The number of halogens is 3. The van der Waals surface area contributed by atoms with E-state index in [1.807, 2.05) is 0 Å². The number of carbonyl (C=O) groups is 1. The molecule has 0 atom stereocenters. The lowest BCUT2D eigenvalue weighted by molar-refractivity contribution is -0.137. The second-order valence-corrected chi connectivity index (χ2v) is 5.62. The Hall–Kier alpha value is -2.36. The number of morpholine rings is 1. The second-order valence-electron chi connectivity index (χ2n) is 5.62. The predicted octanol–water partition coefficient (Wildman–Crippen LogP) is 2.36. The van der Waals surface area contributed by atoms with Gasteiger partial charge in [0, 0.05) is 33.4 Å². The molecule has 0 radical (unpaired) electrons. The number of alkyl halides is 3. The van der Waals surface area contributed by atoms with Crippen LogP contribution in [0.3, 0.4) is 0 Å². The molecule has 1 fully saturated rings. The van der Waals surface area contributed by atoms with Crippen LogP contribution in [0.15, 0.2) is 17.4 Å². The number of amides is 1. The zero-order valence-corrected chi connectivity index (χ0v) is 14.1. The zero-order valence-electron chi connectivity index (χ0n) is 14.1. The van der Waals surface area contributed by atoms with Gasteiger partial charge in [0.25, 0.3) is 0 Å². The van der Waals surface area contributed by atoms with E-state index in [1.165, 1.54) is 25.9 Å². The van der Waals surface area contributed by atoms with Gasteiger partial charge in [-0.15, -0.1) is 0 Å². The summed E-state index contributed by atoms with van der Waals surface area (Å²) in [5, 5.41) is 3.69. The molecular weight excluding hydrogens is 341 g/mol. The van der Waals surface area contributed by atoms with Crippen LogP contribution in [0.25, 0.3) is 0 Å². The van der Waals surface area contributed by atoms with E-state index in [2.05, 4.69) is 10.1 Å². The minimum absolute atomic E-state index is 0.199. The number of oxime groups is 1. The SMILES string of the molecule is C/C(=N/OC(=O)N(C)C)c1ncc(C(F)(F)F)cc1N1CCOCC1. The molecule has 25 heavy (non-hydrogen) atoms. The largest absolute Gasteiger partial charge is 0.435 e. The fourth-order valence-corrected chi connectivity index (χ4v) is 2.16. The molecule has 0 bridgehead atoms. The van der Waals surface area contributed by atoms with Gasteiger partial charge in [0.2, 0.25) is 0 Å². The van der Waals surface area contributed by atoms with Gasteiger partial charge in [-0.2, -0.15) is 13.2 Å². The van der Waals surface area contributed by atoms with Crippen molar-refractivity contribution < 1.29 is 27.5 Å².